The quantitative estimate of drug-likeness (QED) is 0.885. The molecule has 0 unspecified atom stereocenters. The molecule has 0 aliphatic carbocycles. The van der Waals surface area contributed by atoms with Gasteiger partial charge in [-0.25, -0.2) is 18.7 Å². The van der Waals surface area contributed by atoms with Crippen LogP contribution < -0.4 is 11.2 Å². The zero-order valence-electron chi connectivity index (χ0n) is 11.0. The second-order valence-electron chi connectivity index (χ2n) is 4.12. The van der Waals surface area contributed by atoms with Gasteiger partial charge in [0.25, 0.3) is 5.56 Å². The molecule has 0 bridgehead atoms. The van der Waals surface area contributed by atoms with Gasteiger partial charge in [0, 0.05) is 19.0 Å². The van der Waals surface area contributed by atoms with Crippen LogP contribution in [-0.2, 0) is 14.1 Å². The highest BCUT2D eigenvalue weighted by molar-refractivity contribution is 7.99. The smallest absolute Gasteiger partial charge is 0.346 e. The normalized spacial score (nSPS) is 10.6. The standard InChI is InChI=1S/C12H10FN3O4S/c1-15-10(17)9(14-16(2)12(15)20)21-6-3-4-8(13)7(5-6)11(18)19/h3-5H,1-2H3,(H,18,19). The first-order valence-corrected chi connectivity index (χ1v) is 6.48. The third-order valence-corrected chi connectivity index (χ3v) is 3.61. The summed E-state index contributed by atoms with van der Waals surface area (Å²) in [5.41, 5.74) is -1.68. The molecule has 0 aliphatic rings. The van der Waals surface area contributed by atoms with Crippen molar-refractivity contribution in [1.82, 2.24) is 14.3 Å². The Morgan fingerprint density at radius 3 is 2.62 bits per heavy atom. The fraction of sp³-hybridized carbons (Fsp3) is 0.167. The van der Waals surface area contributed by atoms with Gasteiger partial charge in [-0.1, -0.05) is 11.8 Å². The molecule has 110 valence electrons. The number of hydrogen-bond acceptors (Lipinski definition) is 5. The maximum Gasteiger partial charge on any atom is 0.346 e. The first-order chi connectivity index (χ1) is 9.81. The SMILES string of the molecule is Cn1nc(Sc2ccc(F)c(C(=O)O)c2)c(=O)n(C)c1=O. The molecule has 21 heavy (non-hydrogen) atoms. The number of hydrogen-bond donors (Lipinski definition) is 1. The number of carbonyl (C=O) groups is 1. The predicted octanol–water partition coefficient (Wildman–Crippen LogP) is 0.467. The van der Waals surface area contributed by atoms with Crippen molar-refractivity contribution in [2.45, 2.75) is 9.92 Å². The number of aryl methyl sites for hydroxylation is 1. The molecule has 1 aromatic carbocycles. The Labute approximate surface area is 121 Å². The lowest BCUT2D eigenvalue weighted by atomic mass is 10.2. The maximum absolute atomic E-state index is 13.3. The summed E-state index contributed by atoms with van der Waals surface area (Å²) in [6, 6.07) is 3.44. The first-order valence-electron chi connectivity index (χ1n) is 5.66. The molecule has 1 N–H and O–H groups in total. The van der Waals surface area contributed by atoms with Crippen molar-refractivity contribution in [2.24, 2.45) is 14.1 Å². The molecule has 0 atom stereocenters. The van der Waals surface area contributed by atoms with Gasteiger partial charge < -0.3 is 5.11 Å². The van der Waals surface area contributed by atoms with E-state index in [1.54, 1.807) is 0 Å². The average Bonchev–Trinajstić information content (AvgIpc) is 2.44. The Kier molecular flexibility index (Phi) is 3.94. The summed E-state index contributed by atoms with van der Waals surface area (Å²) in [4.78, 5) is 34.6. The molecule has 0 saturated heterocycles. The largest absolute Gasteiger partial charge is 0.478 e. The second-order valence-corrected chi connectivity index (χ2v) is 5.19. The van der Waals surface area contributed by atoms with E-state index in [-0.39, 0.29) is 5.03 Å². The first kappa shape index (κ1) is 15.0. The van der Waals surface area contributed by atoms with Crippen LogP contribution in [0.4, 0.5) is 4.39 Å². The van der Waals surface area contributed by atoms with Crippen LogP contribution in [0.3, 0.4) is 0 Å². The summed E-state index contributed by atoms with van der Waals surface area (Å²) < 4.78 is 15.2. The van der Waals surface area contributed by atoms with Crippen molar-refractivity contribution >= 4 is 17.7 Å². The van der Waals surface area contributed by atoms with Gasteiger partial charge in [-0.05, 0) is 18.2 Å². The number of aromatic nitrogens is 3. The number of benzene rings is 1. The zero-order chi connectivity index (χ0) is 15.7. The van der Waals surface area contributed by atoms with Crippen molar-refractivity contribution in [3.05, 3.63) is 50.4 Å². The Morgan fingerprint density at radius 1 is 1.33 bits per heavy atom. The predicted molar refractivity (Wildman–Crippen MR) is 72.2 cm³/mol. The summed E-state index contributed by atoms with van der Waals surface area (Å²) in [6.45, 7) is 0. The molecule has 0 spiro atoms. The highest BCUT2D eigenvalue weighted by atomic mass is 32.2. The van der Waals surface area contributed by atoms with Crippen LogP contribution in [0.5, 0.6) is 0 Å². The number of carboxylic acid groups (broad SMARTS) is 1. The number of halogens is 1. The van der Waals surface area contributed by atoms with Crippen molar-refractivity contribution in [1.29, 1.82) is 0 Å². The molecule has 0 radical (unpaired) electrons. The number of rotatable bonds is 3. The van der Waals surface area contributed by atoms with Crippen LogP contribution in [0.1, 0.15) is 10.4 Å². The molecular weight excluding hydrogens is 301 g/mol. The molecule has 9 heteroatoms. The van der Waals surface area contributed by atoms with Gasteiger partial charge in [0.15, 0.2) is 5.03 Å². The van der Waals surface area contributed by atoms with Gasteiger partial charge in [0.1, 0.15) is 5.82 Å². The molecule has 2 aromatic rings. The minimum absolute atomic E-state index is 0.0115. The van der Waals surface area contributed by atoms with E-state index in [1.807, 2.05) is 0 Å². The van der Waals surface area contributed by atoms with Crippen LogP contribution in [0.25, 0.3) is 0 Å². The van der Waals surface area contributed by atoms with Gasteiger partial charge in [-0.15, -0.1) is 0 Å². The van der Waals surface area contributed by atoms with Crippen molar-refractivity contribution in [2.75, 3.05) is 0 Å². The van der Waals surface area contributed by atoms with E-state index in [0.29, 0.717) is 4.90 Å². The molecular formula is C12H10FN3O4S. The minimum atomic E-state index is -1.41. The Hall–Kier alpha value is -2.42. The van der Waals surface area contributed by atoms with Crippen LogP contribution in [-0.4, -0.2) is 25.4 Å². The van der Waals surface area contributed by atoms with Gasteiger partial charge in [0.2, 0.25) is 0 Å². The lowest BCUT2D eigenvalue weighted by Crippen LogP contribution is -2.39. The zero-order valence-corrected chi connectivity index (χ0v) is 11.8. The lowest BCUT2D eigenvalue weighted by molar-refractivity contribution is 0.0691. The Bertz CT molecular complexity index is 843. The number of carboxylic acids is 1. The highest BCUT2D eigenvalue weighted by Gasteiger charge is 2.14. The van der Waals surface area contributed by atoms with E-state index in [0.717, 1.165) is 33.1 Å². The summed E-state index contributed by atoms with van der Waals surface area (Å²) in [5, 5.41) is 12.7. The van der Waals surface area contributed by atoms with Gasteiger partial charge in [-0.2, -0.15) is 5.10 Å². The molecule has 2 rings (SSSR count). The summed E-state index contributed by atoms with van der Waals surface area (Å²) in [7, 11) is 2.70. The molecule has 1 heterocycles. The Balaban J connectivity index is 2.49. The topological polar surface area (TPSA) is 94.2 Å². The maximum atomic E-state index is 13.3. The van der Waals surface area contributed by atoms with E-state index in [1.165, 1.54) is 20.2 Å². The number of nitrogens with zero attached hydrogens (tertiary/aromatic N) is 3. The van der Waals surface area contributed by atoms with Gasteiger partial charge in [-0.3, -0.25) is 9.36 Å². The van der Waals surface area contributed by atoms with E-state index < -0.39 is 28.6 Å². The van der Waals surface area contributed by atoms with E-state index >= 15 is 0 Å². The molecule has 0 saturated carbocycles. The van der Waals surface area contributed by atoms with Gasteiger partial charge >= 0.3 is 11.7 Å². The monoisotopic (exact) mass is 311 g/mol. The van der Waals surface area contributed by atoms with Gasteiger partial charge in [0.05, 0.1) is 5.56 Å². The van der Waals surface area contributed by atoms with E-state index in [9.17, 15) is 18.8 Å². The summed E-state index contributed by atoms with van der Waals surface area (Å²) in [5.74, 6) is -2.27. The minimum Gasteiger partial charge on any atom is -0.478 e. The van der Waals surface area contributed by atoms with E-state index in [4.69, 9.17) is 5.11 Å². The van der Waals surface area contributed by atoms with Crippen molar-refractivity contribution in [3.8, 4) is 0 Å². The average molecular weight is 311 g/mol. The molecule has 0 amide bonds. The molecule has 0 fully saturated rings. The third-order valence-electron chi connectivity index (χ3n) is 2.67. The fourth-order valence-corrected chi connectivity index (χ4v) is 2.50. The second kappa shape index (κ2) is 5.52. The Morgan fingerprint density at radius 2 is 2.00 bits per heavy atom. The van der Waals surface area contributed by atoms with Crippen molar-refractivity contribution < 1.29 is 14.3 Å². The van der Waals surface area contributed by atoms with Crippen LogP contribution in [0.2, 0.25) is 0 Å². The fourth-order valence-electron chi connectivity index (χ4n) is 1.58. The van der Waals surface area contributed by atoms with Crippen LogP contribution >= 0.6 is 11.8 Å². The molecule has 7 nitrogen and oxygen atoms in total. The molecule has 0 aliphatic heterocycles. The third kappa shape index (κ3) is 2.87. The van der Waals surface area contributed by atoms with E-state index in [2.05, 4.69) is 5.10 Å². The van der Waals surface area contributed by atoms with Crippen LogP contribution in [0.15, 0.2) is 37.7 Å². The van der Waals surface area contributed by atoms with Crippen molar-refractivity contribution in [3.63, 3.8) is 0 Å². The summed E-state index contributed by atoms with van der Waals surface area (Å²) in [6.07, 6.45) is 0. The lowest BCUT2D eigenvalue weighted by Gasteiger charge is -2.06. The van der Waals surface area contributed by atoms with Crippen LogP contribution in [0, 0.1) is 5.82 Å². The highest BCUT2D eigenvalue weighted by Crippen LogP contribution is 2.25. The number of aromatic carboxylic acids is 1. The molecule has 1 aromatic heterocycles. The summed E-state index contributed by atoms with van der Waals surface area (Å²) >= 11 is 0.857.